The van der Waals surface area contributed by atoms with Crippen LogP contribution in [0.2, 0.25) is 0 Å². The zero-order valence-electron chi connectivity index (χ0n) is 15.1. The van der Waals surface area contributed by atoms with Gasteiger partial charge in [0.2, 0.25) is 0 Å². The van der Waals surface area contributed by atoms with Crippen LogP contribution in [0.25, 0.3) is 0 Å². The van der Waals surface area contributed by atoms with E-state index in [-0.39, 0.29) is 12.7 Å². The Hall–Kier alpha value is -2.59. The van der Waals surface area contributed by atoms with Gasteiger partial charge in [-0.25, -0.2) is 4.79 Å². The van der Waals surface area contributed by atoms with Crippen LogP contribution in [0.15, 0.2) is 72.8 Å². The first-order valence-corrected chi connectivity index (χ1v) is 9.06. The van der Waals surface area contributed by atoms with Gasteiger partial charge in [0.15, 0.2) is 0 Å². The molecule has 1 aliphatic heterocycles. The van der Waals surface area contributed by atoms with Gasteiger partial charge in [-0.05, 0) is 18.1 Å². The van der Waals surface area contributed by atoms with E-state index in [9.17, 15) is 4.79 Å². The van der Waals surface area contributed by atoms with Crippen LogP contribution in [0, 0.1) is 0 Å². The minimum atomic E-state index is -0.496. The van der Waals surface area contributed by atoms with E-state index in [4.69, 9.17) is 9.47 Å². The van der Waals surface area contributed by atoms with Crippen LogP contribution in [0.1, 0.15) is 24.5 Å². The fraction of sp³-hybridized carbons (Fsp3) is 0.318. The maximum Gasteiger partial charge on any atom is 0.410 e. The Bertz CT molecular complexity index is 730. The van der Waals surface area contributed by atoms with Crippen molar-refractivity contribution < 1.29 is 14.3 Å². The summed E-state index contributed by atoms with van der Waals surface area (Å²) in [7, 11) is 0. The van der Waals surface area contributed by atoms with Crippen molar-refractivity contribution in [2.45, 2.75) is 25.6 Å². The molecule has 26 heavy (non-hydrogen) atoms. The maximum atomic E-state index is 12.5. The van der Waals surface area contributed by atoms with Crippen LogP contribution in [0.3, 0.4) is 0 Å². The topological polar surface area (TPSA) is 38.8 Å². The van der Waals surface area contributed by atoms with Crippen molar-refractivity contribution >= 4 is 6.09 Å². The Morgan fingerprint density at radius 3 is 2.46 bits per heavy atom. The zero-order chi connectivity index (χ0) is 18.2. The minimum Gasteiger partial charge on any atom is -0.445 e. The first-order chi connectivity index (χ1) is 12.7. The molecule has 0 spiro atoms. The number of benzene rings is 2. The normalized spacial score (nSPS) is 19.8. The lowest BCUT2D eigenvalue weighted by Gasteiger charge is -2.31. The second-order valence-electron chi connectivity index (χ2n) is 6.33. The molecule has 2 aromatic rings. The van der Waals surface area contributed by atoms with E-state index in [2.05, 4.69) is 18.2 Å². The third-order valence-corrected chi connectivity index (χ3v) is 4.59. The molecule has 1 aliphatic rings. The molecule has 0 aliphatic carbocycles. The van der Waals surface area contributed by atoms with Crippen LogP contribution in [0.5, 0.6) is 0 Å². The second-order valence-corrected chi connectivity index (χ2v) is 6.33. The molecular weight excluding hydrogens is 326 g/mol. The molecule has 136 valence electrons. The van der Waals surface area contributed by atoms with Gasteiger partial charge in [-0.15, -0.1) is 0 Å². The van der Waals surface area contributed by atoms with Crippen LogP contribution in [0.4, 0.5) is 4.79 Å². The zero-order valence-corrected chi connectivity index (χ0v) is 15.1. The fourth-order valence-corrected chi connectivity index (χ4v) is 3.24. The lowest BCUT2D eigenvalue weighted by Crippen LogP contribution is -2.35. The summed E-state index contributed by atoms with van der Waals surface area (Å²) >= 11 is 0. The summed E-state index contributed by atoms with van der Waals surface area (Å²) in [6.07, 6.45) is 4.48. The molecular formula is C22H25NO3. The number of nitrogens with zero attached hydrogens (tertiary/aromatic N) is 1. The van der Waals surface area contributed by atoms with E-state index in [1.807, 2.05) is 61.5 Å². The SMILES string of the molecule is CCO[C@]1(c2ccccc2)C=CCN(C(=O)OCc2ccccc2)CC1. The number of carbonyl (C=O) groups excluding carboxylic acids is 1. The number of hydrogen-bond acceptors (Lipinski definition) is 3. The number of rotatable bonds is 5. The largest absolute Gasteiger partial charge is 0.445 e. The number of ether oxygens (including phenoxy) is 2. The van der Waals surface area contributed by atoms with Crippen molar-refractivity contribution in [3.63, 3.8) is 0 Å². The maximum absolute atomic E-state index is 12.5. The highest BCUT2D eigenvalue weighted by molar-refractivity contribution is 5.68. The summed E-state index contributed by atoms with van der Waals surface area (Å²) in [4.78, 5) is 14.2. The van der Waals surface area contributed by atoms with E-state index in [1.165, 1.54) is 0 Å². The average molecular weight is 351 g/mol. The molecule has 0 aromatic heterocycles. The first-order valence-electron chi connectivity index (χ1n) is 9.06. The molecule has 3 rings (SSSR count). The smallest absolute Gasteiger partial charge is 0.410 e. The van der Waals surface area contributed by atoms with Gasteiger partial charge >= 0.3 is 6.09 Å². The molecule has 4 heteroatoms. The Morgan fingerprint density at radius 2 is 1.77 bits per heavy atom. The van der Waals surface area contributed by atoms with Crippen LogP contribution in [-0.2, 0) is 21.7 Å². The number of hydrogen-bond donors (Lipinski definition) is 0. The molecule has 1 amide bonds. The summed E-state index contributed by atoms with van der Waals surface area (Å²) in [5.41, 5.74) is 1.60. The van der Waals surface area contributed by atoms with Crippen molar-refractivity contribution in [1.82, 2.24) is 4.90 Å². The fourth-order valence-electron chi connectivity index (χ4n) is 3.24. The van der Waals surface area contributed by atoms with Gasteiger partial charge in [0.1, 0.15) is 12.2 Å². The summed E-state index contributed by atoms with van der Waals surface area (Å²) in [6, 6.07) is 19.9. The summed E-state index contributed by atoms with van der Waals surface area (Å²) in [5, 5.41) is 0. The van der Waals surface area contributed by atoms with Gasteiger partial charge in [-0.2, -0.15) is 0 Å². The predicted molar refractivity (Wildman–Crippen MR) is 102 cm³/mol. The van der Waals surface area contributed by atoms with Gasteiger partial charge in [0.05, 0.1) is 0 Å². The van der Waals surface area contributed by atoms with Crippen molar-refractivity contribution in [3.05, 3.63) is 83.9 Å². The van der Waals surface area contributed by atoms with Gasteiger partial charge in [0.25, 0.3) is 0 Å². The quantitative estimate of drug-likeness (QED) is 0.744. The molecule has 0 radical (unpaired) electrons. The van der Waals surface area contributed by atoms with Crippen LogP contribution >= 0.6 is 0 Å². The number of amides is 1. The Morgan fingerprint density at radius 1 is 1.08 bits per heavy atom. The highest BCUT2D eigenvalue weighted by atomic mass is 16.6. The Labute approximate surface area is 155 Å². The van der Waals surface area contributed by atoms with Gasteiger partial charge in [-0.3, -0.25) is 0 Å². The molecule has 0 fully saturated rings. The summed E-state index contributed by atoms with van der Waals surface area (Å²) < 4.78 is 11.6. The molecule has 1 atom stereocenters. The van der Waals surface area contributed by atoms with Crippen molar-refractivity contribution in [3.8, 4) is 0 Å². The highest BCUT2D eigenvalue weighted by Crippen LogP contribution is 2.33. The predicted octanol–water partition coefficient (Wildman–Crippen LogP) is 4.52. The lowest BCUT2D eigenvalue weighted by molar-refractivity contribution is -0.0143. The van der Waals surface area contributed by atoms with Gasteiger partial charge < -0.3 is 14.4 Å². The molecule has 0 saturated heterocycles. The molecule has 4 nitrogen and oxygen atoms in total. The minimum absolute atomic E-state index is 0.287. The van der Waals surface area contributed by atoms with Crippen molar-refractivity contribution in [1.29, 1.82) is 0 Å². The van der Waals surface area contributed by atoms with E-state index in [0.717, 1.165) is 11.1 Å². The third kappa shape index (κ3) is 4.33. The van der Waals surface area contributed by atoms with E-state index in [1.54, 1.807) is 4.90 Å². The average Bonchev–Trinajstić information content (AvgIpc) is 2.92. The van der Waals surface area contributed by atoms with E-state index in [0.29, 0.717) is 26.1 Å². The molecule has 1 heterocycles. The summed E-state index contributed by atoms with van der Waals surface area (Å²) in [6.45, 7) is 3.99. The summed E-state index contributed by atoms with van der Waals surface area (Å²) in [5.74, 6) is 0. The van der Waals surface area contributed by atoms with E-state index < -0.39 is 5.60 Å². The monoisotopic (exact) mass is 351 g/mol. The van der Waals surface area contributed by atoms with Crippen molar-refractivity contribution in [2.75, 3.05) is 19.7 Å². The Balaban J connectivity index is 1.66. The third-order valence-electron chi connectivity index (χ3n) is 4.59. The van der Waals surface area contributed by atoms with Gasteiger partial charge in [0, 0.05) is 26.1 Å². The molecule has 0 bridgehead atoms. The first kappa shape index (κ1) is 18.2. The standard InChI is InChI=1S/C22H25NO3/c1-2-26-22(20-12-7-4-8-13-20)14-9-16-23(17-15-22)21(24)25-18-19-10-5-3-6-11-19/h3-14H,2,15-18H2,1H3/t22-/m1/s1. The Kier molecular flexibility index (Phi) is 6.08. The van der Waals surface area contributed by atoms with E-state index >= 15 is 0 Å². The molecule has 0 N–H and O–H groups in total. The number of carbonyl (C=O) groups is 1. The van der Waals surface area contributed by atoms with Crippen molar-refractivity contribution in [2.24, 2.45) is 0 Å². The van der Waals surface area contributed by atoms with Crippen LogP contribution in [-0.4, -0.2) is 30.7 Å². The molecule has 2 aromatic carbocycles. The highest BCUT2D eigenvalue weighted by Gasteiger charge is 2.33. The molecule has 0 saturated carbocycles. The second kappa shape index (κ2) is 8.68. The lowest BCUT2D eigenvalue weighted by atomic mass is 9.90. The molecule has 0 unspecified atom stereocenters. The van der Waals surface area contributed by atoms with Crippen LogP contribution < -0.4 is 0 Å². The van der Waals surface area contributed by atoms with Gasteiger partial charge in [-0.1, -0.05) is 72.8 Å².